The van der Waals surface area contributed by atoms with Crippen LogP contribution in [-0.4, -0.2) is 37.6 Å². The number of carbonyl (C=O) groups is 1. The maximum atomic E-state index is 11.7. The lowest BCUT2D eigenvalue weighted by Crippen LogP contribution is -2.24. The third kappa shape index (κ3) is 5.71. The Bertz CT molecular complexity index is 524. The van der Waals surface area contributed by atoms with Crippen LogP contribution in [0.1, 0.15) is 18.6 Å². The molecule has 0 aliphatic rings. The highest BCUT2D eigenvalue weighted by Gasteiger charge is 2.22. The number of rotatable bonds is 6. The molecule has 0 saturated heterocycles. The van der Waals surface area contributed by atoms with E-state index in [4.69, 9.17) is 0 Å². The minimum atomic E-state index is -3.70. The topological polar surface area (TPSA) is 80.7 Å². The van der Waals surface area contributed by atoms with E-state index in [0.717, 1.165) is 4.47 Å². The van der Waals surface area contributed by atoms with Gasteiger partial charge in [-0.15, -0.1) is 0 Å². The molecule has 7 heteroatoms. The van der Waals surface area contributed by atoms with Crippen LogP contribution in [0.15, 0.2) is 28.7 Å². The second kappa shape index (κ2) is 7.02. The van der Waals surface area contributed by atoms with Gasteiger partial charge in [0.15, 0.2) is 9.84 Å². The van der Waals surface area contributed by atoms with Crippen molar-refractivity contribution in [1.82, 2.24) is 0 Å². The van der Waals surface area contributed by atoms with Crippen LogP contribution < -0.4 is 0 Å². The molecule has 0 saturated carbocycles. The van der Waals surface area contributed by atoms with E-state index in [1.54, 1.807) is 31.2 Å². The van der Waals surface area contributed by atoms with Gasteiger partial charge in [-0.3, -0.25) is 4.79 Å². The van der Waals surface area contributed by atoms with Crippen molar-refractivity contribution >= 4 is 31.7 Å². The fourth-order valence-electron chi connectivity index (χ4n) is 1.46. The third-order valence-electron chi connectivity index (χ3n) is 2.31. The Morgan fingerprint density at radius 2 is 1.95 bits per heavy atom. The summed E-state index contributed by atoms with van der Waals surface area (Å²) in [6.45, 7) is 1.73. The Kier molecular flexibility index (Phi) is 5.96. The number of aliphatic hydroxyl groups is 1. The lowest BCUT2D eigenvalue weighted by atomic mass is 10.1. The molecule has 1 rings (SSSR count). The molecular formula is C12H15BrO5S. The van der Waals surface area contributed by atoms with Gasteiger partial charge in [0.1, 0.15) is 5.75 Å². The first kappa shape index (κ1) is 16.1. The van der Waals surface area contributed by atoms with Crippen LogP contribution in [-0.2, 0) is 19.4 Å². The molecule has 1 aromatic carbocycles. The molecule has 1 atom stereocenters. The van der Waals surface area contributed by atoms with Gasteiger partial charge in [0.25, 0.3) is 0 Å². The highest BCUT2D eigenvalue weighted by Crippen LogP contribution is 2.18. The second-order valence-corrected chi connectivity index (χ2v) is 6.95. The van der Waals surface area contributed by atoms with E-state index in [0.29, 0.717) is 5.56 Å². The molecule has 0 fully saturated rings. The number of benzene rings is 1. The molecule has 0 radical (unpaired) electrons. The number of carbonyl (C=O) groups excluding carboxylic acids is 1. The lowest BCUT2D eigenvalue weighted by molar-refractivity contribution is -0.139. The molecule has 0 heterocycles. The minimum Gasteiger partial charge on any atom is -0.465 e. The summed E-state index contributed by atoms with van der Waals surface area (Å²) in [5, 5.41) is 9.84. The number of sulfone groups is 1. The van der Waals surface area contributed by atoms with Crippen LogP contribution >= 0.6 is 15.9 Å². The van der Waals surface area contributed by atoms with Crippen molar-refractivity contribution in [2.24, 2.45) is 0 Å². The predicted octanol–water partition coefficient (Wildman–Crippen LogP) is 1.46. The minimum absolute atomic E-state index is 0.129. The predicted molar refractivity (Wildman–Crippen MR) is 74.4 cm³/mol. The van der Waals surface area contributed by atoms with E-state index in [9.17, 15) is 18.3 Å². The fraction of sp³-hybridized carbons (Fsp3) is 0.417. The SMILES string of the molecule is CCOC(=O)CS(=O)(=O)C[C@@H](O)c1ccc(Br)cc1. The first-order chi connectivity index (χ1) is 8.84. The maximum absolute atomic E-state index is 11.7. The molecule has 0 aromatic heterocycles. The van der Waals surface area contributed by atoms with E-state index >= 15 is 0 Å². The van der Waals surface area contributed by atoms with E-state index in [1.807, 2.05) is 0 Å². The summed E-state index contributed by atoms with van der Waals surface area (Å²) in [6, 6.07) is 6.65. The van der Waals surface area contributed by atoms with Crippen LogP contribution in [0.3, 0.4) is 0 Å². The van der Waals surface area contributed by atoms with Gasteiger partial charge in [-0.05, 0) is 24.6 Å². The number of hydrogen-bond donors (Lipinski definition) is 1. The zero-order valence-electron chi connectivity index (χ0n) is 10.4. The van der Waals surface area contributed by atoms with Crippen LogP contribution in [0.5, 0.6) is 0 Å². The molecule has 0 unspecified atom stereocenters. The Balaban J connectivity index is 2.67. The molecule has 0 aliphatic heterocycles. The van der Waals surface area contributed by atoms with Crippen molar-refractivity contribution in [2.75, 3.05) is 18.1 Å². The van der Waals surface area contributed by atoms with Gasteiger partial charge in [-0.25, -0.2) is 8.42 Å². The number of aliphatic hydroxyl groups excluding tert-OH is 1. The Morgan fingerprint density at radius 1 is 1.37 bits per heavy atom. The molecule has 0 amide bonds. The number of esters is 1. The molecule has 106 valence electrons. The van der Waals surface area contributed by atoms with Gasteiger partial charge in [0, 0.05) is 4.47 Å². The van der Waals surface area contributed by atoms with Crippen molar-refractivity contribution in [3.8, 4) is 0 Å². The van der Waals surface area contributed by atoms with Gasteiger partial charge < -0.3 is 9.84 Å². The molecule has 0 aliphatic carbocycles. The van der Waals surface area contributed by atoms with Crippen molar-refractivity contribution < 1.29 is 23.1 Å². The van der Waals surface area contributed by atoms with Gasteiger partial charge in [0.05, 0.1) is 18.5 Å². The number of hydrogen-bond acceptors (Lipinski definition) is 5. The maximum Gasteiger partial charge on any atom is 0.321 e. The van der Waals surface area contributed by atoms with E-state index < -0.39 is 33.4 Å². The number of halogens is 1. The largest absolute Gasteiger partial charge is 0.465 e. The van der Waals surface area contributed by atoms with Crippen LogP contribution in [0.4, 0.5) is 0 Å². The molecular weight excluding hydrogens is 336 g/mol. The monoisotopic (exact) mass is 350 g/mol. The average molecular weight is 351 g/mol. The van der Waals surface area contributed by atoms with Crippen LogP contribution in [0.2, 0.25) is 0 Å². The van der Waals surface area contributed by atoms with Gasteiger partial charge in [0.2, 0.25) is 0 Å². The molecule has 19 heavy (non-hydrogen) atoms. The first-order valence-corrected chi connectivity index (χ1v) is 8.25. The summed E-state index contributed by atoms with van der Waals surface area (Å²) in [7, 11) is -3.70. The van der Waals surface area contributed by atoms with Crippen molar-refractivity contribution in [3.05, 3.63) is 34.3 Å². The Hall–Kier alpha value is -0.920. The van der Waals surface area contributed by atoms with Crippen molar-refractivity contribution in [2.45, 2.75) is 13.0 Å². The van der Waals surface area contributed by atoms with Crippen LogP contribution in [0, 0.1) is 0 Å². The molecule has 5 nitrogen and oxygen atoms in total. The fourth-order valence-corrected chi connectivity index (χ4v) is 2.96. The summed E-state index contributed by atoms with van der Waals surface area (Å²) in [5.74, 6) is -2.02. The Morgan fingerprint density at radius 3 is 2.47 bits per heavy atom. The third-order valence-corrected chi connectivity index (χ3v) is 4.34. The highest BCUT2D eigenvalue weighted by atomic mass is 79.9. The van der Waals surface area contributed by atoms with Crippen LogP contribution in [0.25, 0.3) is 0 Å². The van der Waals surface area contributed by atoms with Gasteiger partial charge in [-0.2, -0.15) is 0 Å². The van der Waals surface area contributed by atoms with E-state index in [-0.39, 0.29) is 6.61 Å². The number of ether oxygens (including phenoxy) is 1. The summed E-state index contributed by atoms with van der Waals surface area (Å²) >= 11 is 3.24. The zero-order chi connectivity index (χ0) is 14.5. The average Bonchev–Trinajstić information content (AvgIpc) is 2.28. The lowest BCUT2D eigenvalue weighted by Gasteiger charge is -2.11. The standard InChI is InChI=1S/C12H15BrO5S/c1-2-18-12(15)8-19(16,17)7-11(14)9-3-5-10(13)6-4-9/h3-6,11,14H,2,7-8H2,1H3/t11-/m1/s1. The quantitative estimate of drug-likeness (QED) is 0.785. The smallest absolute Gasteiger partial charge is 0.321 e. The molecule has 1 N–H and O–H groups in total. The highest BCUT2D eigenvalue weighted by molar-refractivity contribution is 9.10. The molecule has 0 spiro atoms. The molecule has 0 bridgehead atoms. The normalized spacial score (nSPS) is 13.0. The first-order valence-electron chi connectivity index (χ1n) is 5.63. The van der Waals surface area contributed by atoms with Gasteiger partial charge >= 0.3 is 5.97 Å². The van der Waals surface area contributed by atoms with Gasteiger partial charge in [-0.1, -0.05) is 28.1 Å². The molecule has 1 aromatic rings. The van der Waals surface area contributed by atoms with Crippen molar-refractivity contribution in [1.29, 1.82) is 0 Å². The summed E-state index contributed by atoms with van der Waals surface area (Å²) in [4.78, 5) is 11.1. The zero-order valence-corrected chi connectivity index (χ0v) is 12.8. The summed E-state index contributed by atoms with van der Waals surface area (Å²) < 4.78 is 28.8. The second-order valence-electron chi connectivity index (χ2n) is 3.93. The van der Waals surface area contributed by atoms with E-state index in [1.165, 1.54) is 0 Å². The Labute approximate surface area is 120 Å². The summed E-state index contributed by atoms with van der Waals surface area (Å²) in [6.07, 6.45) is -1.16. The van der Waals surface area contributed by atoms with E-state index in [2.05, 4.69) is 20.7 Å². The summed E-state index contributed by atoms with van der Waals surface area (Å²) in [5.41, 5.74) is 0.482. The van der Waals surface area contributed by atoms with Crippen molar-refractivity contribution in [3.63, 3.8) is 0 Å².